The second kappa shape index (κ2) is 9.15. The number of morpholine rings is 1. The normalized spacial score (nSPS) is 14.7. The molecule has 0 saturated carbocycles. The van der Waals surface area contributed by atoms with Crippen LogP contribution in [0.4, 0.5) is 4.39 Å². The zero-order chi connectivity index (χ0) is 20.9. The number of ether oxygens (including phenoxy) is 1. The topological polar surface area (TPSA) is 63.9 Å². The monoisotopic (exact) mass is 425 g/mol. The van der Waals surface area contributed by atoms with Crippen LogP contribution in [0, 0.1) is 5.82 Å². The van der Waals surface area contributed by atoms with E-state index in [-0.39, 0.29) is 5.91 Å². The predicted molar refractivity (Wildman–Crippen MR) is 111 cm³/mol. The fourth-order valence-electron chi connectivity index (χ4n) is 3.15. The first-order chi connectivity index (χ1) is 14.6. The molecule has 0 N–H and O–H groups in total. The molecule has 1 aliphatic rings. The molecule has 8 heteroatoms. The van der Waals surface area contributed by atoms with Crippen LogP contribution in [0.1, 0.15) is 26.3 Å². The van der Waals surface area contributed by atoms with E-state index in [4.69, 9.17) is 4.74 Å². The second-order valence-electron chi connectivity index (χ2n) is 6.84. The van der Waals surface area contributed by atoms with Gasteiger partial charge < -0.3 is 14.2 Å². The van der Waals surface area contributed by atoms with Crippen LogP contribution in [0.5, 0.6) is 0 Å². The molecule has 154 valence electrons. The van der Waals surface area contributed by atoms with Gasteiger partial charge in [0.1, 0.15) is 5.82 Å². The Labute approximate surface area is 176 Å². The molecule has 2 heterocycles. The van der Waals surface area contributed by atoms with Crippen molar-refractivity contribution in [2.24, 2.45) is 4.99 Å². The molecule has 2 aromatic carbocycles. The Bertz CT molecular complexity index is 1100. The van der Waals surface area contributed by atoms with Gasteiger partial charge in [-0.1, -0.05) is 12.1 Å². The van der Waals surface area contributed by atoms with Crippen LogP contribution in [-0.2, 0) is 11.3 Å². The molecule has 0 radical (unpaired) electrons. The minimum absolute atomic E-state index is 0.00798. The SMILES string of the molecule is O=C(N=c1sccn1Cc1ccc(C(=O)N2CCOCC2)cc1)c1ccc(F)cc1. The van der Waals surface area contributed by atoms with Crippen LogP contribution in [-0.4, -0.2) is 47.6 Å². The Hall–Kier alpha value is -3.10. The molecular formula is C22H20FN3O3S. The number of hydrogen-bond donors (Lipinski definition) is 0. The molecule has 1 saturated heterocycles. The van der Waals surface area contributed by atoms with Gasteiger partial charge in [-0.2, -0.15) is 4.99 Å². The molecule has 0 unspecified atom stereocenters. The lowest BCUT2D eigenvalue weighted by Gasteiger charge is -2.26. The minimum Gasteiger partial charge on any atom is -0.378 e. The van der Waals surface area contributed by atoms with Crippen LogP contribution < -0.4 is 4.80 Å². The van der Waals surface area contributed by atoms with Gasteiger partial charge in [0.25, 0.3) is 11.8 Å². The first-order valence-electron chi connectivity index (χ1n) is 9.55. The van der Waals surface area contributed by atoms with Crippen molar-refractivity contribution in [1.29, 1.82) is 0 Å². The number of hydrogen-bond acceptors (Lipinski definition) is 4. The lowest BCUT2D eigenvalue weighted by molar-refractivity contribution is 0.0303. The van der Waals surface area contributed by atoms with Crippen LogP contribution in [0.25, 0.3) is 0 Å². The average Bonchev–Trinajstić information content (AvgIpc) is 3.21. The van der Waals surface area contributed by atoms with Gasteiger partial charge in [-0.15, -0.1) is 11.3 Å². The van der Waals surface area contributed by atoms with Crippen molar-refractivity contribution in [1.82, 2.24) is 9.47 Å². The van der Waals surface area contributed by atoms with E-state index in [9.17, 15) is 14.0 Å². The number of amides is 2. The summed E-state index contributed by atoms with van der Waals surface area (Å²) >= 11 is 1.35. The van der Waals surface area contributed by atoms with E-state index >= 15 is 0 Å². The lowest BCUT2D eigenvalue weighted by atomic mass is 10.1. The number of carbonyl (C=O) groups excluding carboxylic acids is 2. The zero-order valence-corrected chi connectivity index (χ0v) is 17.0. The molecule has 6 nitrogen and oxygen atoms in total. The van der Waals surface area contributed by atoms with Crippen molar-refractivity contribution < 1.29 is 18.7 Å². The highest BCUT2D eigenvalue weighted by molar-refractivity contribution is 7.07. The first kappa shape index (κ1) is 20.2. The lowest BCUT2D eigenvalue weighted by Crippen LogP contribution is -2.40. The molecular weight excluding hydrogens is 405 g/mol. The Morgan fingerprint density at radius 1 is 1.00 bits per heavy atom. The highest BCUT2D eigenvalue weighted by Crippen LogP contribution is 2.11. The van der Waals surface area contributed by atoms with Crippen molar-refractivity contribution in [3.8, 4) is 0 Å². The maximum Gasteiger partial charge on any atom is 0.279 e. The molecule has 4 rings (SSSR count). The zero-order valence-electron chi connectivity index (χ0n) is 16.2. The summed E-state index contributed by atoms with van der Waals surface area (Å²) in [5.41, 5.74) is 1.97. The maximum absolute atomic E-state index is 13.0. The van der Waals surface area contributed by atoms with Gasteiger partial charge in [-0.25, -0.2) is 4.39 Å². The van der Waals surface area contributed by atoms with E-state index in [1.807, 2.05) is 40.4 Å². The van der Waals surface area contributed by atoms with E-state index in [1.165, 1.54) is 35.6 Å². The number of aromatic nitrogens is 1. The third kappa shape index (κ3) is 4.72. The number of thiazole rings is 1. The second-order valence-corrected chi connectivity index (χ2v) is 7.71. The van der Waals surface area contributed by atoms with E-state index in [1.54, 1.807) is 4.90 Å². The molecule has 0 spiro atoms. The highest BCUT2D eigenvalue weighted by atomic mass is 32.1. The number of rotatable bonds is 4. The summed E-state index contributed by atoms with van der Waals surface area (Å²) in [5, 5.41) is 1.85. The molecule has 1 aromatic heterocycles. The Morgan fingerprint density at radius 2 is 1.67 bits per heavy atom. The van der Waals surface area contributed by atoms with Crippen molar-refractivity contribution in [3.63, 3.8) is 0 Å². The predicted octanol–water partition coefficient (Wildman–Crippen LogP) is 2.95. The summed E-state index contributed by atoms with van der Waals surface area (Å²) in [7, 11) is 0. The standard InChI is InChI=1S/C22H20FN3O3S/c23-19-7-5-17(6-8-19)20(27)24-22-26(11-14-30-22)15-16-1-3-18(4-2-16)21(28)25-9-12-29-13-10-25/h1-8,11,14H,9-10,12-13,15H2. The smallest absolute Gasteiger partial charge is 0.279 e. The number of carbonyl (C=O) groups is 2. The minimum atomic E-state index is -0.419. The summed E-state index contributed by atoms with van der Waals surface area (Å²) in [6.07, 6.45) is 1.86. The number of benzene rings is 2. The summed E-state index contributed by atoms with van der Waals surface area (Å²) in [6.45, 7) is 2.88. The molecule has 30 heavy (non-hydrogen) atoms. The van der Waals surface area contributed by atoms with E-state index < -0.39 is 11.7 Å². The number of halogens is 1. The Morgan fingerprint density at radius 3 is 2.37 bits per heavy atom. The van der Waals surface area contributed by atoms with Crippen LogP contribution in [0.3, 0.4) is 0 Å². The molecule has 1 fully saturated rings. The molecule has 3 aromatic rings. The summed E-state index contributed by atoms with van der Waals surface area (Å²) < 4.78 is 20.2. The van der Waals surface area contributed by atoms with Crippen molar-refractivity contribution in [2.45, 2.75) is 6.54 Å². The van der Waals surface area contributed by atoms with Crippen LogP contribution in [0.15, 0.2) is 65.1 Å². The van der Waals surface area contributed by atoms with Gasteiger partial charge in [-0.05, 0) is 42.0 Å². The Balaban J connectivity index is 1.47. The van der Waals surface area contributed by atoms with Gasteiger partial charge in [-0.3, -0.25) is 9.59 Å². The van der Waals surface area contributed by atoms with Gasteiger partial charge in [0.05, 0.1) is 13.2 Å². The van der Waals surface area contributed by atoms with Crippen molar-refractivity contribution in [3.05, 3.63) is 87.4 Å². The maximum atomic E-state index is 13.0. The largest absolute Gasteiger partial charge is 0.378 e. The fraction of sp³-hybridized carbons (Fsp3) is 0.227. The summed E-state index contributed by atoms with van der Waals surface area (Å²) in [4.78, 5) is 31.4. The first-order valence-corrected chi connectivity index (χ1v) is 10.4. The van der Waals surface area contributed by atoms with Gasteiger partial charge in [0.15, 0.2) is 4.80 Å². The molecule has 0 bridgehead atoms. The van der Waals surface area contributed by atoms with Crippen molar-refractivity contribution >= 4 is 23.2 Å². The fourth-order valence-corrected chi connectivity index (χ4v) is 3.88. The van der Waals surface area contributed by atoms with E-state index in [2.05, 4.69) is 4.99 Å². The Kier molecular flexibility index (Phi) is 6.15. The summed E-state index contributed by atoms with van der Waals surface area (Å²) in [6, 6.07) is 12.8. The quantitative estimate of drug-likeness (QED) is 0.646. The van der Waals surface area contributed by atoms with Crippen LogP contribution >= 0.6 is 11.3 Å². The third-order valence-electron chi connectivity index (χ3n) is 4.80. The van der Waals surface area contributed by atoms with E-state index in [0.29, 0.717) is 48.8 Å². The van der Waals surface area contributed by atoms with Crippen LogP contribution in [0.2, 0.25) is 0 Å². The van der Waals surface area contributed by atoms with Gasteiger partial charge >= 0.3 is 0 Å². The number of nitrogens with zero attached hydrogens (tertiary/aromatic N) is 3. The van der Waals surface area contributed by atoms with E-state index in [0.717, 1.165) is 5.56 Å². The van der Waals surface area contributed by atoms with Crippen molar-refractivity contribution in [2.75, 3.05) is 26.3 Å². The summed E-state index contributed by atoms with van der Waals surface area (Å²) in [5.74, 6) is -0.806. The van der Waals surface area contributed by atoms with Gasteiger partial charge in [0, 0.05) is 42.3 Å². The average molecular weight is 425 g/mol. The highest BCUT2D eigenvalue weighted by Gasteiger charge is 2.18. The molecule has 2 amide bonds. The third-order valence-corrected chi connectivity index (χ3v) is 5.59. The van der Waals surface area contributed by atoms with Gasteiger partial charge in [0.2, 0.25) is 0 Å². The molecule has 0 atom stereocenters. The molecule has 0 aliphatic carbocycles. The molecule has 1 aliphatic heterocycles.